The average molecular weight is 259 g/mol. The van der Waals surface area contributed by atoms with Gasteiger partial charge in [-0.2, -0.15) is 0 Å². The maximum Gasteiger partial charge on any atom is 0.231 e. The molecule has 0 saturated carbocycles. The third kappa shape index (κ3) is 2.46. The fourth-order valence-corrected chi connectivity index (χ4v) is 1.80. The Morgan fingerprint density at radius 1 is 1.21 bits per heavy atom. The van der Waals surface area contributed by atoms with Crippen LogP contribution in [-0.2, 0) is 0 Å². The van der Waals surface area contributed by atoms with E-state index in [9.17, 15) is 5.11 Å². The number of pyridine rings is 1. The number of benzene rings is 1. The van der Waals surface area contributed by atoms with Crippen LogP contribution in [-0.4, -0.2) is 16.9 Å². The van der Waals surface area contributed by atoms with Crippen LogP contribution in [0, 0.1) is 0 Å². The molecule has 1 unspecified atom stereocenters. The number of hydrogen-bond acceptors (Lipinski definition) is 5. The fraction of sp³-hybridized carbons (Fsp3) is 0.214. The molecule has 0 saturated heterocycles. The predicted octanol–water partition coefficient (Wildman–Crippen LogP) is 2.66. The third-order valence-corrected chi connectivity index (χ3v) is 2.81. The summed E-state index contributed by atoms with van der Waals surface area (Å²) in [6, 6.07) is 8.77. The first kappa shape index (κ1) is 11.8. The first-order valence-corrected chi connectivity index (χ1v) is 5.94. The molecule has 1 aliphatic rings. The molecular formula is C14H13NO4. The van der Waals surface area contributed by atoms with Crippen molar-refractivity contribution in [3.05, 3.63) is 42.1 Å². The van der Waals surface area contributed by atoms with E-state index in [0.717, 1.165) is 5.56 Å². The van der Waals surface area contributed by atoms with Crippen LogP contribution in [0.25, 0.3) is 0 Å². The Hall–Kier alpha value is -2.27. The topological polar surface area (TPSA) is 60.8 Å². The molecule has 1 N–H and O–H groups in total. The van der Waals surface area contributed by atoms with E-state index in [4.69, 9.17) is 14.2 Å². The molecule has 19 heavy (non-hydrogen) atoms. The van der Waals surface area contributed by atoms with E-state index in [0.29, 0.717) is 23.1 Å². The Morgan fingerprint density at radius 2 is 2.05 bits per heavy atom. The lowest BCUT2D eigenvalue weighted by Crippen LogP contribution is -1.94. The zero-order valence-electron chi connectivity index (χ0n) is 10.4. The first-order chi connectivity index (χ1) is 9.22. The zero-order valence-corrected chi connectivity index (χ0v) is 10.4. The quantitative estimate of drug-likeness (QED) is 0.918. The highest BCUT2D eigenvalue weighted by Gasteiger charge is 2.14. The smallest absolute Gasteiger partial charge is 0.231 e. The Kier molecular flexibility index (Phi) is 2.97. The van der Waals surface area contributed by atoms with Gasteiger partial charge in [0.1, 0.15) is 5.75 Å². The predicted molar refractivity (Wildman–Crippen MR) is 67.5 cm³/mol. The molecule has 1 aromatic carbocycles. The Bertz CT molecular complexity index is 598. The summed E-state index contributed by atoms with van der Waals surface area (Å²) in [5.74, 6) is 2.40. The van der Waals surface area contributed by atoms with Gasteiger partial charge in [0.15, 0.2) is 11.5 Å². The van der Waals surface area contributed by atoms with Gasteiger partial charge < -0.3 is 19.3 Å². The standard InChI is InChI=1S/C14H13NO4/c1-9(16)10-4-5-15-14(6-10)19-11-2-3-12-13(7-11)18-8-17-12/h2-7,9,16H,8H2,1H3. The maximum absolute atomic E-state index is 9.52. The summed E-state index contributed by atoms with van der Waals surface area (Å²) in [7, 11) is 0. The summed E-state index contributed by atoms with van der Waals surface area (Å²) >= 11 is 0. The van der Waals surface area contributed by atoms with Crippen molar-refractivity contribution >= 4 is 0 Å². The van der Waals surface area contributed by atoms with Gasteiger partial charge in [-0.1, -0.05) is 0 Å². The molecule has 0 radical (unpaired) electrons. The van der Waals surface area contributed by atoms with E-state index in [1.807, 2.05) is 0 Å². The number of nitrogens with zero attached hydrogens (tertiary/aromatic N) is 1. The van der Waals surface area contributed by atoms with Gasteiger partial charge in [0.25, 0.3) is 0 Å². The molecule has 3 rings (SSSR count). The lowest BCUT2D eigenvalue weighted by atomic mass is 10.2. The van der Waals surface area contributed by atoms with E-state index >= 15 is 0 Å². The minimum absolute atomic E-state index is 0.231. The van der Waals surface area contributed by atoms with Crippen molar-refractivity contribution in [2.75, 3.05) is 6.79 Å². The molecule has 5 nitrogen and oxygen atoms in total. The summed E-state index contributed by atoms with van der Waals surface area (Å²) in [4.78, 5) is 4.11. The molecule has 0 bridgehead atoms. The summed E-state index contributed by atoms with van der Waals surface area (Å²) in [5, 5.41) is 9.52. The first-order valence-electron chi connectivity index (χ1n) is 5.94. The van der Waals surface area contributed by atoms with Crippen molar-refractivity contribution in [1.82, 2.24) is 4.98 Å². The van der Waals surface area contributed by atoms with Crippen LogP contribution in [0.2, 0.25) is 0 Å². The molecule has 2 aromatic rings. The highest BCUT2D eigenvalue weighted by atomic mass is 16.7. The highest BCUT2D eigenvalue weighted by Crippen LogP contribution is 2.36. The van der Waals surface area contributed by atoms with Crippen LogP contribution in [0.15, 0.2) is 36.5 Å². The summed E-state index contributed by atoms with van der Waals surface area (Å²) in [6.07, 6.45) is 1.05. The van der Waals surface area contributed by atoms with Gasteiger partial charge in [-0.15, -0.1) is 0 Å². The van der Waals surface area contributed by atoms with Crippen molar-refractivity contribution in [2.24, 2.45) is 0 Å². The minimum atomic E-state index is -0.554. The number of rotatable bonds is 3. The van der Waals surface area contributed by atoms with E-state index in [2.05, 4.69) is 4.98 Å². The Balaban J connectivity index is 1.83. The molecule has 1 atom stereocenters. The normalized spacial score (nSPS) is 14.2. The molecule has 1 aromatic heterocycles. The average Bonchev–Trinajstić information content (AvgIpc) is 2.86. The van der Waals surface area contributed by atoms with Gasteiger partial charge in [0, 0.05) is 18.3 Å². The summed E-state index contributed by atoms with van der Waals surface area (Å²) < 4.78 is 16.1. The van der Waals surface area contributed by atoms with Gasteiger partial charge in [0.2, 0.25) is 12.7 Å². The van der Waals surface area contributed by atoms with Gasteiger partial charge in [-0.3, -0.25) is 0 Å². The van der Waals surface area contributed by atoms with Crippen LogP contribution in [0.3, 0.4) is 0 Å². The largest absolute Gasteiger partial charge is 0.454 e. The maximum atomic E-state index is 9.52. The van der Waals surface area contributed by atoms with Crippen LogP contribution < -0.4 is 14.2 Å². The molecule has 98 valence electrons. The van der Waals surface area contributed by atoms with Crippen molar-refractivity contribution in [1.29, 1.82) is 0 Å². The molecule has 0 amide bonds. The SMILES string of the molecule is CC(O)c1ccnc(Oc2ccc3c(c2)OCO3)c1. The second-order valence-corrected chi connectivity index (χ2v) is 4.22. The van der Waals surface area contributed by atoms with Crippen molar-refractivity contribution < 1.29 is 19.3 Å². The van der Waals surface area contributed by atoms with Crippen molar-refractivity contribution in [3.8, 4) is 23.1 Å². The second kappa shape index (κ2) is 4.78. The minimum Gasteiger partial charge on any atom is -0.454 e. The van der Waals surface area contributed by atoms with E-state index in [1.165, 1.54) is 0 Å². The second-order valence-electron chi connectivity index (χ2n) is 4.22. The van der Waals surface area contributed by atoms with Gasteiger partial charge in [-0.25, -0.2) is 4.98 Å². The lowest BCUT2D eigenvalue weighted by molar-refractivity contribution is 0.174. The van der Waals surface area contributed by atoms with Gasteiger partial charge in [0.05, 0.1) is 6.10 Å². The molecular weight excluding hydrogens is 246 g/mol. The number of fused-ring (bicyclic) bond motifs is 1. The number of hydrogen-bond donors (Lipinski definition) is 1. The van der Waals surface area contributed by atoms with Crippen molar-refractivity contribution in [2.45, 2.75) is 13.0 Å². The molecule has 2 heterocycles. The summed E-state index contributed by atoms with van der Waals surface area (Å²) in [5.41, 5.74) is 0.755. The number of ether oxygens (including phenoxy) is 3. The van der Waals surface area contributed by atoms with Crippen LogP contribution in [0.4, 0.5) is 0 Å². The van der Waals surface area contributed by atoms with Gasteiger partial charge >= 0.3 is 0 Å². The molecule has 0 spiro atoms. The monoisotopic (exact) mass is 259 g/mol. The fourth-order valence-electron chi connectivity index (χ4n) is 1.80. The van der Waals surface area contributed by atoms with E-state index in [1.54, 1.807) is 43.5 Å². The summed E-state index contributed by atoms with van der Waals surface area (Å²) in [6.45, 7) is 1.92. The number of aliphatic hydroxyl groups is 1. The molecule has 1 aliphatic heterocycles. The molecule has 0 aliphatic carbocycles. The van der Waals surface area contributed by atoms with Gasteiger partial charge in [-0.05, 0) is 30.7 Å². The van der Waals surface area contributed by atoms with Crippen LogP contribution >= 0.6 is 0 Å². The molecule has 0 fully saturated rings. The number of aromatic nitrogens is 1. The lowest BCUT2D eigenvalue weighted by Gasteiger charge is -2.08. The van der Waals surface area contributed by atoms with Crippen LogP contribution in [0.1, 0.15) is 18.6 Å². The molecule has 5 heteroatoms. The van der Waals surface area contributed by atoms with E-state index in [-0.39, 0.29) is 6.79 Å². The van der Waals surface area contributed by atoms with Crippen LogP contribution in [0.5, 0.6) is 23.1 Å². The zero-order chi connectivity index (χ0) is 13.2. The number of aliphatic hydroxyl groups excluding tert-OH is 1. The Morgan fingerprint density at radius 3 is 2.89 bits per heavy atom. The van der Waals surface area contributed by atoms with E-state index < -0.39 is 6.10 Å². The Labute approximate surface area is 110 Å². The highest BCUT2D eigenvalue weighted by molar-refractivity contribution is 5.47. The van der Waals surface area contributed by atoms with Crippen molar-refractivity contribution in [3.63, 3.8) is 0 Å². The third-order valence-electron chi connectivity index (χ3n) is 2.81.